The van der Waals surface area contributed by atoms with Crippen LogP contribution in [0.1, 0.15) is 56.5 Å². The van der Waals surface area contributed by atoms with Crippen molar-refractivity contribution in [3.63, 3.8) is 0 Å². The van der Waals surface area contributed by atoms with E-state index >= 15 is 0 Å². The number of anilines is 1. The Bertz CT molecular complexity index is 716. The normalized spacial score (nSPS) is 11.2. The van der Waals surface area contributed by atoms with Crippen molar-refractivity contribution < 1.29 is 14.1 Å². The predicted octanol–water partition coefficient (Wildman–Crippen LogP) is 3.85. The number of unbranched alkanes of at least 4 members (excludes halogenated alkanes) is 1. The Hall–Kier alpha value is -2.63. The minimum absolute atomic E-state index is 0.0211. The Morgan fingerprint density at radius 3 is 2.38 bits per heavy atom. The zero-order valence-electron chi connectivity index (χ0n) is 15.9. The van der Waals surface area contributed by atoms with Crippen molar-refractivity contribution in [2.45, 2.75) is 46.0 Å². The van der Waals surface area contributed by atoms with Gasteiger partial charge in [-0.2, -0.15) is 0 Å². The molecular formula is C20H27N3O3. The summed E-state index contributed by atoms with van der Waals surface area (Å²) in [7, 11) is 0. The number of amides is 2. The fourth-order valence-corrected chi connectivity index (χ4v) is 2.53. The molecule has 0 aliphatic carbocycles. The molecule has 0 atom stereocenters. The second-order valence-corrected chi connectivity index (χ2v) is 7.34. The molecule has 0 saturated carbocycles. The number of hydrogen-bond acceptors (Lipinski definition) is 4. The van der Waals surface area contributed by atoms with Gasteiger partial charge in [0.2, 0.25) is 5.91 Å². The first-order chi connectivity index (χ1) is 12.3. The molecule has 26 heavy (non-hydrogen) atoms. The lowest BCUT2D eigenvalue weighted by atomic mass is 9.86. The number of carbonyl (C=O) groups is 2. The Balaban J connectivity index is 2.09. The van der Waals surface area contributed by atoms with Crippen LogP contribution < -0.4 is 5.32 Å². The fraction of sp³-hybridized carbons (Fsp3) is 0.450. The summed E-state index contributed by atoms with van der Waals surface area (Å²) in [6.07, 6.45) is 3.16. The first-order valence-corrected chi connectivity index (χ1v) is 8.91. The average Bonchev–Trinajstić information content (AvgIpc) is 3.10. The van der Waals surface area contributed by atoms with Gasteiger partial charge in [-0.15, -0.1) is 0 Å². The maximum absolute atomic E-state index is 12.9. The quantitative estimate of drug-likeness (QED) is 0.816. The molecule has 0 bridgehead atoms. The van der Waals surface area contributed by atoms with E-state index in [-0.39, 0.29) is 23.8 Å². The predicted molar refractivity (Wildman–Crippen MR) is 101 cm³/mol. The number of benzene rings is 1. The van der Waals surface area contributed by atoms with Gasteiger partial charge in [0.05, 0.1) is 0 Å². The van der Waals surface area contributed by atoms with Gasteiger partial charge in [-0.25, -0.2) is 0 Å². The van der Waals surface area contributed by atoms with Gasteiger partial charge < -0.3 is 14.7 Å². The van der Waals surface area contributed by atoms with Crippen molar-refractivity contribution in [3.05, 3.63) is 47.7 Å². The van der Waals surface area contributed by atoms with Crippen molar-refractivity contribution in [1.82, 2.24) is 10.1 Å². The molecule has 2 amide bonds. The molecule has 6 nitrogen and oxygen atoms in total. The minimum Gasteiger partial charge on any atom is -0.363 e. The Labute approximate surface area is 154 Å². The van der Waals surface area contributed by atoms with Crippen LogP contribution in [-0.2, 0) is 10.2 Å². The highest BCUT2D eigenvalue weighted by atomic mass is 16.5. The van der Waals surface area contributed by atoms with Gasteiger partial charge >= 0.3 is 0 Å². The number of nitrogens with one attached hydrogen (secondary N) is 1. The highest BCUT2D eigenvalue weighted by Gasteiger charge is 2.20. The molecule has 0 radical (unpaired) electrons. The van der Waals surface area contributed by atoms with Crippen molar-refractivity contribution >= 4 is 17.6 Å². The van der Waals surface area contributed by atoms with Crippen molar-refractivity contribution in [2.24, 2.45) is 0 Å². The lowest BCUT2D eigenvalue weighted by molar-refractivity contribution is -0.117. The maximum Gasteiger partial charge on any atom is 0.254 e. The number of nitrogens with zero attached hydrogens (tertiary/aromatic N) is 2. The van der Waals surface area contributed by atoms with E-state index in [4.69, 9.17) is 4.52 Å². The third kappa shape index (κ3) is 5.44. The molecule has 1 aromatic heterocycles. The van der Waals surface area contributed by atoms with E-state index in [0.29, 0.717) is 17.9 Å². The molecule has 1 aromatic carbocycles. The van der Waals surface area contributed by atoms with E-state index in [1.807, 2.05) is 24.3 Å². The molecule has 2 aromatic rings. The topological polar surface area (TPSA) is 75.4 Å². The highest BCUT2D eigenvalue weighted by Crippen LogP contribution is 2.22. The van der Waals surface area contributed by atoms with Crippen LogP contribution in [0.4, 0.5) is 5.82 Å². The van der Waals surface area contributed by atoms with Gasteiger partial charge in [0, 0.05) is 18.2 Å². The van der Waals surface area contributed by atoms with E-state index in [9.17, 15) is 9.59 Å². The second-order valence-electron chi connectivity index (χ2n) is 7.34. The number of aromatic nitrogens is 1. The van der Waals surface area contributed by atoms with Crippen LogP contribution in [0.15, 0.2) is 41.1 Å². The Morgan fingerprint density at radius 1 is 1.15 bits per heavy atom. The summed E-state index contributed by atoms with van der Waals surface area (Å²) in [5.41, 5.74) is 1.78. The Morgan fingerprint density at radius 2 is 1.85 bits per heavy atom. The van der Waals surface area contributed by atoms with Gasteiger partial charge in [0.15, 0.2) is 5.82 Å². The smallest absolute Gasteiger partial charge is 0.254 e. The van der Waals surface area contributed by atoms with Crippen LogP contribution in [0.3, 0.4) is 0 Å². The van der Waals surface area contributed by atoms with Crippen LogP contribution >= 0.6 is 0 Å². The van der Waals surface area contributed by atoms with E-state index < -0.39 is 0 Å². The van der Waals surface area contributed by atoms with E-state index in [2.05, 4.69) is 38.2 Å². The molecule has 140 valence electrons. The standard InChI is InChI=1S/C20H27N3O3/c1-5-6-12-23(14-18(24)21-17-11-13-26-22-17)19(25)15-7-9-16(10-8-15)20(2,3)4/h7-11,13H,5-6,12,14H2,1-4H3,(H,21,22,24). The minimum atomic E-state index is -0.297. The summed E-state index contributed by atoms with van der Waals surface area (Å²) in [6.45, 7) is 8.95. The third-order valence-electron chi connectivity index (χ3n) is 4.11. The highest BCUT2D eigenvalue weighted by molar-refractivity contribution is 5.99. The summed E-state index contributed by atoms with van der Waals surface area (Å²) in [5, 5.41) is 6.28. The molecule has 6 heteroatoms. The molecule has 0 aliphatic rings. The molecule has 0 spiro atoms. The average molecular weight is 357 g/mol. The van der Waals surface area contributed by atoms with Gasteiger partial charge in [0.1, 0.15) is 12.8 Å². The molecule has 1 N–H and O–H groups in total. The molecule has 0 unspecified atom stereocenters. The van der Waals surface area contributed by atoms with E-state index in [0.717, 1.165) is 18.4 Å². The van der Waals surface area contributed by atoms with Gasteiger partial charge in [-0.1, -0.05) is 51.4 Å². The second kappa shape index (κ2) is 8.65. The van der Waals surface area contributed by atoms with Crippen molar-refractivity contribution in [2.75, 3.05) is 18.4 Å². The van der Waals surface area contributed by atoms with Crippen LogP contribution in [0, 0.1) is 0 Å². The maximum atomic E-state index is 12.9. The molecule has 1 heterocycles. The lowest BCUT2D eigenvalue weighted by Gasteiger charge is -2.23. The first kappa shape index (κ1) is 19.7. The Kier molecular flexibility index (Phi) is 6.55. The van der Waals surface area contributed by atoms with Crippen molar-refractivity contribution in [3.8, 4) is 0 Å². The number of carbonyl (C=O) groups excluding carboxylic acids is 2. The SMILES string of the molecule is CCCCN(CC(=O)Nc1ccon1)C(=O)c1ccc(C(C)(C)C)cc1. The van der Waals surface area contributed by atoms with Gasteiger partial charge in [-0.05, 0) is 29.5 Å². The van der Waals surface area contributed by atoms with Crippen LogP contribution in [0.5, 0.6) is 0 Å². The molecule has 0 fully saturated rings. The van der Waals surface area contributed by atoms with Gasteiger partial charge in [-0.3, -0.25) is 9.59 Å². The fourth-order valence-electron chi connectivity index (χ4n) is 2.53. The molecular weight excluding hydrogens is 330 g/mol. The molecule has 0 saturated heterocycles. The zero-order valence-corrected chi connectivity index (χ0v) is 15.9. The summed E-state index contributed by atoms with van der Waals surface area (Å²) < 4.78 is 4.70. The van der Waals surface area contributed by atoms with Crippen molar-refractivity contribution in [1.29, 1.82) is 0 Å². The molecule has 2 rings (SSSR count). The molecule has 0 aliphatic heterocycles. The van der Waals surface area contributed by atoms with Gasteiger partial charge in [0.25, 0.3) is 5.91 Å². The monoisotopic (exact) mass is 357 g/mol. The summed E-state index contributed by atoms with van der Waals surface area (Å²) >= 11 is 0. The largest absolute Gasteiger partial charge is 0.363 e. The number of hydrogen-bond donors (Lipinski definition) is 1. The summed E-state index contributed by atoms with van der Waals surface area (Å²) in [6, 6.07) is 9.16. The summed E-state index contributed by atoms with van der Waals surface area (Å²) in [5.74, 6) is -0.101. The summed E-state index contributed by atoms with van der Waals surface area (Å²) in [4.78, 5) is 26.7. The first-order valence-electron chi connectivity index (χ1n) is 8.91. The van der Waals surface area contributed by atoms with Crippen LogP contribution in [-0.4, -0.2) is 35.0 Å². The van der Waals surface area contributed by atoms with E-state index in [1.54, 1.807) is 11.0 Å². The van der Waals surface area contributed by atoms with Crippen LogP contribution in [0.2, 0.25) is 0 Å². The van der Waals surface area contributed by atoms with E-state index in [1.165, 1.54) is 6.26 Å². The van der Waals surface area contributed by atoms with Crippen LogP contribution in [0.25, 0.3) is 0 Å². The lowest BCUT2D eigenvalue weighted by Crippen LogP contribution is -2.38. The number of rotatable bonds is 7. The third-order valence-corrected chi connectivity index (χ3v) is 4.11. The zero-order chi connectivity index (χ0) is 19.2.